The van der Waals surface area contributed by atoms with E-state index in [4.69, 9.17) is 0 Å². The Hall–Kier alpha value is -1.52. The van der Waals surface area contributed by atoms with E-state index in [0.29, 0.717) is 23.5 Å². The summed E-state index contributed by atoms with van der Waals surface area (Å²) in [6.07, 6.45) is 6.82. The lowest BCUT2D eigenvalue weighted by molar-refractivity contribution is 0.166. The highest BCUT2D eigenvalue weighted by Gasteiger charge is 2.35. The Balaban J connectivity index is 1.57. The van der Waals surface area contributed by atoms with Gasteiger partial charge in [-0.25, -0.2) is 4.39 Å². The first-order valence-electron chi connectivity index (χ1n) is 8.19. The fourth-order valence-corrected chi connectivity index (χ4v) is 4.11. The summed E-state index contributed by atoms with van der Waals surface area (Å²) in [5.41, 5.74) is 1.91. The Labute approximate surface area is 130 Å². The third-order valence-electron chi connectivity index (χ3n) is 5.29. The molecule has 2 fully saturated rings. The van der Waals surface area contributed by atoms with Crippen LogP contribution in [0.15, 0.2) is 30.5 Å². The zero-order valence-corrected chi connectivity index (χ0v) is 12.9. The summed E-state index contributed by atoms with van der Waals surface area (Å²) in [5.74, 6) is -0.186. The molecule has 2 bridgehead atoms. The second-order valence-electron chi connectivity index (χ2n) is 6.78. The zero-order valence-electron chi connectivity index (χ0n) is 12.9. The molecule has 4 heteroatoms. The van der Waals surface area contributed by atoms with Gasteiger partial charge in [0.25, 0.3) is 0 Å². The highest BCUT2D eigenvalue weighted by atomic mass is 19.1. The van der Waals surface area contributed by atoms with Gasteiger partial charge in [-0.1, -0.05) is 6.07 Å². The molecule has 4 rings (SSSR count). The van der Waals surface area contributed by atoms with E-state index in [2.05, 4.69) is 22.2 Å². The van der Waals surface area contributed by atoms with Crippen molar-refractivity contribution in [1.82, 2.24) is 15.2 Å². The van der Waals surface area contributed by atoms with Gasteiger partial charge in [-0.15, -0.1) is 0 Å². The van der Waals surface area contributed by atoms with E-state index in [-0.39, 0.29) is 5.82 Å². The first-order chi connectivity index (χ1) is 10.7. The van der Waals surface area contributed by atoms with E-state index < -0.39 is 0 Å². The van der Waals surface area contributed by atoms with Crippen molar-refractivity contribution in [3.05, 3.63) is 41.8 Å². The number of nitrogens with one attached hydrogen (secondary N) is 1. The van der Waals surface area contributed by atoms with E-state index in [0.717, 1.165) is 17.6 Å². The van der Waals surface area contributed by atoms with E-state index in [1.165, 1.54) is 25.7 Å². The lowest BCUT2D eigenvalue weighted by Crippen LogP contribution is -2.46. The second-order valence-corrected chi connectivity index (χ2v) is 6.78. The van der Waals surface area contributed by atoms with Crippen molar-refractivity contribution in [2.75, 3.05) is 7.05 Å². The molecular weight excluding hydrogens is 277 g/mol. The third-order valence-corrected chi connectivity index (χ3v) is 5.29. The van der Waals surface area contributed by atoms with E-state index in [1.54, 1.807) is 18.3 Å². The molecule has 2 aliphatic heterocycles. The minimum Gasteiger partial charge on any atom is -0.311 e. The molecular formula is C18H22FN3. The summed E-state index contributed by atoms with van der Waals surface area (Å²) in [4.78, 5) is 6.83. The molecule has 0 aliphatic carbocycles. The normalized spacial score (nSPS) is 27.7. The largest absolute Gasteiger partial charge is 0.311 e. The lowest BCUT2D eigenvalue weighted by Gasteiger charge is -2.35. The summed E-state index contributed by atoms with van der Waals surface area (Å²) in [6.45, 7) is 0.831. The number of hydrogen-bond acceptors (Lipinski definition) is 3. The number of pyridine rings is 1. The van der Waals surface area contributed by atoms with Crippen molar-refractivity contribution < 1.29 is 4.39 Å². The van der Waals surface area contributed by atoms with E-state index in [9.17, 15) is 4.39 Å². The van der Waals surface area contributed by atoms with Crippen LogP contribution in [-0.2, 0) is 6.54 Å². The molecule has 0 radical (unpaired) electrons. The summed E-state index contributed by atoms with van der Waals surface area (Å²) in [7, 11) is 2.19. The average Bonchev–Trinajstić information content (AvgIpc) is 2.88. The number of nitrogens with zero attached hydrogens (tertiary/aromatic N) is 2. The number of benzene rings is 1. The van der Waals surface area contributed by atoms with Gasteiger partial charge in [0, 0.05) is 36.3 Å². The molecule has 3 heterocycles. The molecule has 1 aromatic heterocycles. The number of piperidine rings is 1. The Morgan fingerprint density at radius 3 is 2.77 bits per heavy atom. The van der Waals surface area contributed by atoms with Crippen molar-refractivity contribution in [3.63, 3.8) is 0 Å². The van der Waals surface area contributed by atoms with Crippen LogP contribution >= 0.6 is 0 Å². The number of halogens is 1. The molecule has 2 aromatic rings. The van der Waals surface area contributed by atoms with Gasteiger partial charge in [-0.2, -0.15) is 0 Å². The predicted molar refractivity (Wildman–Crippen MR) is 86.1 cm³/mol. The van der Waals surface area contributed by atoms with Gasteiger partial charge in [-0.3, -0.25) is 9.88 Å². The molecule has 116 valence electrons. The van der Waals surface area contributed by atoms with Gasteiger partial charge < -0.3 is 5.32 Å². The highest BCUT2D eigenvalue weighted by molar-refractivity contribution is 5.82. The van der Waals surface area contributed by atoms with Crippen molar-refractivity contribution in [3.8, 4) is 0 Å². The maximum Gasteiger partial charge on any atom is 0.132 e. The van der Waals surface area contributed by atoms with Gasteiger partial charge >= 0.3 is 0 Å². The van der Waals surface area contributed by atoms with Crippen LogP contribution in [0, 0.1) is 5.82 Å². The van der Waals surface area contributed by atoms with Crippen LogP contribution in [0.3, 0.4) is 0 Å². The average molecular weight is 299 g/mol. The molecule has 0 spiro atoms. The third kappa shape index (κ3) is 2.50. The Bertz CT molecular complexity index is 675. The lowest BCUT2D eigenvalue weighted by atomic mass is 9.98. The molecule has 22 heavy (non-hydrogen) atoms. The summed E-state index contributed by atoms with van der Waals surface area (Å²) in [6, 6.07) is 9.05. The fourth-order valence-electron chi connectivity index (χ4n) is 4.11. The number of fused-ring (bicyclic) bond motifs is 3. The molecule has 1 aromatic carbocycles. The summed E-state index contributed by atoms with van der Waals surface area (Å²) >= 11 is 0. The smallest absolute Gasteiger partial charge is 0.132 e. The molecule has 0 amide bonds. The topological polar surface area (TPSA) is 28.2 Å². The van der Waals surface area contributed by atoms with Crippen LogP contribution < -0.4 is 5.32 Å². The molecule has 2 atom stereocenters. The molecule has 2 aliphatic rings. The van der Waals surface area contributed by atoms with E-state index in [1.807, 2.05) is 12.1 Å². The van der Waals surface area contributed by atoms with Gasteiger partial charge in [0.2, 0.25) is 0 Å². The van der Waals surface area contributed by atoms with Crippen LogP contribution in [0.1, 0.15) is 31.2 Å². The minimum absolute atomic E-state index is 0.186. The monoisotopic (exact) mass is 299 g/mol. The van der Waals surface area contributed by atoms with Crippen LogP contribution in [0.5, 0.6) is 0 Å². The first kappa shape index (κ1) is 14.1. The Morgan fingerprint density at radius 2 is 2.00 bits per heavy atom. The number of hydrogen-bond donors (Lipinski definition) is 1. The minimum atomic E-state index is -0.186. The molecule has 1 N–H and O–H groups in total. The van der Waals surface area contributed by atoms with Crippen LogP contribution in [-0.4, -0.2) is 35.1 Å². The maximum absolute atomic E-state index is 13.9. The molecule has 2 unspecified atom stereocenters. The van der Waals surface area contributed by atoms with Crippen molar-refractivity contribution in [1.29, 1.82) is 0 Å². The number of rotatable bonds is 3. The number of aromatic nitrogens is 1. The van der Waals surface area contributed by atoms with Gasteiger partial charge in [0.1, 0.15) is 5.82 Å². The van der Waals surface area contributed by atoms with Gasteiger partial charge in [0.05, 0.1) is 5.52 Å². The highest BCUT2D eigenvalue weighted by Crippen LogP contribution is 2.30. The van der Waals surface area contributed by atoms with Crippen LogP contribution in [0.25, 0.3) is 10.9 Å². The van der Waals surface area contributed by atoms with Gasteiger partial charge in [0.15, 0.2) is 0 Å². The standard InChI is InChI=1S/C18H22FN3/c1-22(15-9-13-5-6-14(10-15)21-13)11-12-4-7-17(19)16-3-2-8-20-18(12)16/h2-4,7-8,13-15,21H,5-6,9-11H2,1H3. The predicted octanol–water partition coefficient (Wildman–Crippen LogP) is 3.09. The summed E-state index contributed by atoms with van der Waals surface area (Å²) < 4.78 is 13.9. The van der Waals surface area contributed by atoms with Crippen molar-refractivity contribution in [2.45, 2.75) is 50.4 Å². The molecule has 0 saturated carbocycles. The quantitative estimate of drug-likeness (QED) is 0.944. The maximum atomic E-state index is 13.9. The van der Waals surface area contributed by atoms with Crippen molar-refractivity contribution >= 4 is 10.9 Å². The Morgan fingerprint density at radius 1 is 1.23 bits per heavy atom. The van der Waals surface area contributed by atoms with Crippen LogP contribution in [0.2, 0.25) is 0 Å². The fraction of sp³-hybridized carbons (Fsp3) is 0.500. The first-order valence-corrected chi connectivity index (χ1v) is 8.19. The molecule has 3 nitrogen and oxygen atoms in total. The van der Waals surface area contributed by atoms with E-state index >= 15 is 0 Å². The SMILES string of the molecule is CN(Cc1ccc(F)c2cccnc12)C1CC2CCC(C1)N2. The second kappa shape index (κ2) is 5.60. The van der Waals surface area contributed by atoms with Crippen LogP contribution in [0.4, 0.5) is 4.39 Å². The van der Waals surface area contributed by atoms with Crippen molar-refractivity contribution in [2.24, 2.45) is 0 Å². The molecule has 2 saturated heterocycles. The summed E-state index contributed by atoms with van der Waals surface area (Å²) in [5, 5.41) is 4.31. The Kier molecular flexibility index (Phi) is 3.59. The van der Waals surface area contributed by atoms with Gasteiger partial charge in [-0.05, 0) is 56.5 Å². The zero-order chi connectivity index (χ0) is 15.1.